The number of nitrogen functional groups attached to an aromatic ring is 1. The lowest BCUT2D eigenvalue weighted by Crippen LogP contribution is -2.04. The Balaban J connectivity index is 1.87. The number of nitrogens with one attached hydrogen (secondary N) is 1. The van der Waals surface area contributed by atoms with E-state index < -0.39 is 0 Å². The molecule has 4 nitrogen and oxygen atoms in total. The largest absolute Gasteiger partial charge is 0.383 e. The highest BCUT2D eigenvalue weighted by Gasteiger charge is 2.05. The molecule has 0 bridgehead atoms. The summed E-state index contributed by atoms with van der Waals surface area (Å²) in [4.78, 5) is 3.98. The monoisotopic (exact) mass is 234 g/mol. The molecule has 2 aromatic heterocycles. The number of aromatic nitrogens is 2. The maximum absolute atomic E-state index is 5.67. The molecule has 0 aliphatic carbocycles. The molecule has 0 aliphatic heterocycles. The fraction of sp³-hybridized carbons (Fsp3) is 0.273. The number of nitrogens with two attached hydrogens (primary N) is 1. The predicted molar refractivity (Wildman–Crippen MR) is 67.7 cm³/mol. The van der Waals surface area contributed by atoms with E-state index >= 15 is 0 Å². The highest BCUT2D eigenvalue weighted by atomic mass is 32.1. The van der Waals surface area contributed by atoms with E-state index in [2.05, 4.69) is 14.7 Å². The van der Waals surface area contributed by atoms with Crippen LogP contribution in [0, 0.1) is 6.92 Å². The van der Waals surface area contributed by atoms with Gasteiger partial charge in [-0.3, -0.25) is 4.98 Å². The molecular formula is C11H14N4S. The average molecular weight is 234 g/mol. The van der Waals surface area contributed by atoms with Gasteiger partial charge in [0.25, 0.3) is 0 Å². The number of hydrogen-bond donors (Lipinski definition) is 2. The van der Waals surface area contributed by atoms with Crippen LogP contribution in [-0.2, 0) is 6.42 Å². The van der Waals surface area contributed by atoms with E-state index in [0.717, 1.165) is 23.5 Å². The molecular weight excluding hydrogens is 220 g/mol. The van der Waals surface area contributed by atoms with Gasteiger partial charge in [-0.05, 0) is 42.6 Å². The van der Waals surface area contributed by atoms with Crippen molar-refractivity contribution in [3.05, 3.63) is 35.7 Å². The van der Waals surface area contributed by atoms with Crippen molar-refractivity contribution in [1.29, 1.82) is 0 Å². The molecule has 0 fully saturated rings. The zero-order valence-electron chi connectivity index (χ0n) is 9.10. The van der Waals surface area contributed by atoms with Crippen molar-refractivity contribution in [2.75, 3.05) is 17.6 Å². The molecule has 0 saturated heterocycles. The van der Waals surface area contributed by atoms with Gasteiger partial charge in [-0.15, -0.1) is 0 Å². The first-order valence-electron chi connectivity index (χ1n) is 5.12. The van der Waals surface area contributed by atoms with Crippen LogP contribution in [0.5, 0.6) is 0 Å². The minimum absolute atomic E-state index is 0.622. The van der Waals surface area contributed by atoms with Crippen molar-refractivity contribution < 1.29 is 0 Å². The molecule has 2 heterocycles. The first-order chi connectivity index (χ1) is 7.77. The third kappa shape index (κ3) is 2.49. The lowest BCUT2D eigenvalue weighted by molar-refractivity contribution is 1.01. The second-order valence-electron chi connectivity index (χ2n) is 3.55. The van der Waals surface area contributed by atoms with E-state index in [4.69, 9.17) is 5.73 Å². The summed E-state index contributed by atoms with van der Waals surface area (Å²) < 4.78 is 4.09. The zero-order chi connectivity index (χ0) is 11.4. The Labute approximate surface area is 98.7 Å². The van der Waals surface area contributed by atoms with E-state index in [-0.39, 0.29) is 0 Å². The zero-order valence-corrected chi connectivity index (χ0v) is 9.92. The van der Waals surface area contributed by atoms with Crippen LogP contribution < -0.4 is 11.1 Å². The van der Waals surface area contributed by atoms with Crippen molar-refractivity contribution in [1.82, 2.24) is 9.36 Å². The molecule has 0 aromatic carbocycles. The second-order valence-corrected chi connectivity index (χ2v) is 4.33. The van der Waals surface area contributed by atoms with Crippen LogP contribution in [0.1, 0.15) is 11.1 Å². The summed E-state index contributed by atoms with van der Waals surface area (Å²) in [5.74, 6) is 0.622. The lowest BCUT2D eigenvalue weighted by atomic mass is 10.2. The summed E-state index contributed by atoms with van der Waals surface area (Å²) in [6, 6.07) is 4.05. The predicted octanol–water partition coefficient (Wildman–Crippen LogP) is 2.08. The van der Waals surface area contributed by atoms with E-state index in [1.54, 1.807) is 0 Å². The summed E-state index contributed by atoms with van der Waals surface area (Å²) in [5.41, 5.74) is 7.99. The van der Waals surface area contributed by atoms with Gasteiger partial charge in [0, 0.05) is 24.5 Å². The van der Waals surface area contributed by atoms with Gasteiger partial charge in [0.05, 0.1) is 0 Å². The van der Waals surface area contributed by atoms with Gasteiger partial charge in [-0.25, -0.2) is 0 Å². The van der Waals surface area contributed by atoms with Gasteiger partial charge in [0.2, 0.25) is 0 Å². The first kappa shape index (κ1) is 10.9. The van der Waals surface area contributed by atoms with E-state index in [0.29, 0.717) is 5.82 Å². The Hall–Kier alpha value is -1.62. The molecule has 0 radical (unpaired) electrons. The SMILES string of the molecule is Cc1c(N)nsc1NCCc1ccncc1. The van der Waals surface area contributed by atoms with Crippen LogP contribution in [0.15, 0.2) is 24.5 Å². The lowest BCUT2D eigenvalue weighted by Gasteiger charge is -2.04. The fourth-order valence-electron chi connectivity index (χ4n) is 1.38. The molecule has 2 aromatic rings. The number of anilines is 2. The second kappa shape index (κ2) is 4.94. The maximum Gasteiger partial charge on any atom is 0.142 e. The highest BCUT2D eigenvalue weighted by Crippen LogP contribution is 2.24. The molecule has 84 valence electrons. The van der Waals surface area contributed by atoms with Crippen molar-refractivity contribution in [2.24, 2.45) is 0 Å². The van der Waals surface area contributed by atoms with Crippen molar-refractivity contribution >= 4 is 22.4 Å². The van der Waals surface area contributed by atoms with Gasteiger partial charge in [0.15, 0.2) is 0 Å². The van der Waals surface area contributed by atoms with Crippen molar-refractivity contribution in [3.8, 4) is 0 Å². The molecule has 3 N–H and O–H groups in total. The number of pyridine rings is 1. The number of rotatable bonds is 4. The minimum atomic E-state index is 0.622. The van der Waals surface area contributed by atoms with Gasteiger partial charge in [0.1, 0.15) is 10.8 Å². The van der Waals surface area contributed by atoms with Crippen molar-refractivity contribution in [3.63, 3.8) is 0 Å². The normalized spacial score (nSPS) is 10.3. The molecule has 0 atom stereocenters. The molecule has 0 spiro atoms. The third-order valence-corrected chi connectivity index (χ3v) is 3.33. The average Bonchev–Trinajstić information content (AvgIpc) is 2.62. The standard InChI is InChI=1S/C11H14N4S/c1-8-10(12)15-16-11(8)14-7-4-9-2-5-13-6-3-9/h2-3,5-6,14H,4,7H2,1H3,(H2,12,15). The quantitative estimate of drug-likeness (QED) is 0.850. The Morgan fingerprint density at radius 3 is 2.75 bits per heavy atom. The Kier molecular flexibility index (Phi) is 3.36. The smallest absolute Gasteiger partial charge is 0.142 e. The first-order valence-corrected chi connectivity index (χ1v) is 5.89. The van der Waals surface area contributed by atoms with Gasteiger partial charge in [-0.1, -0.05) is 0 Å². The molecule has 16 heavy (non-hydrogen) atoms. The van der Waals surface area contributed by atoms with Crippen LogP contribution >= 0.6 is 11.5 Å². The fourth-order valence-corrected chi connectivity index (χ4v) is 2.12. The van der Waals surface area contributed by atoms with Crippen LogP contribution in [-0.4, -0.2) is 15.9 Å². The van der Waals surface area contributed by atoms with Crippen LogP contribution in [0.2, 0.25) is 0 Å². The molecule has 0 amide bonds. The van der Waals surface area contributed by atoms with Gasteiger partial charge >= 0.3 is 0 Å². The number of nitrogens with zero attached hydrogens (tertiary/aromatic N) is 2. The molecule has 5 heteroatoms. The topological polar surface area (TPSA) is 63.8 Å². The van der Waals surface area contributed by atoms with E-state index in [9.17, 15) is 0 Å². The Morgan fingerprint density at radius 1 is 1.38 bits per heavy atom. The molecule has 2 rings (SSSR count). The van der Waals surface area contributed by atoms with Crippen LogP contribution in [0.3, 0.4) is 0 Å². The van der Waals surface area contributed by atoms with Crippen LogP contribution in [0.25, 0.3) is 0 Å². The molecule has 0 unspecified atom stereocenters. The summed E-state index contributed by atoms with van der Waals surface area (Å²) in [6.45, 7) is 2.86. The summed E-state index contributed by atoms with van der Waals surface area (Å²) in [6.07, 6.45) is 4.59. The maximum atomic E-state index is 5.67. The number of hydrogen-bond acceptors (Lipinski definition) is 5. The van der Waals surface area contributed by atoms with Crippen molar-refractivity contribution in [2.45, 2.75) is 13.3 Å². The minimum Gasteiger partial charge on any atom is -0.383 e. The molecule has 0 aliphatic rings. The third-order valence-electron chi connectivity index (χ3n) is 2.41. The van der Waals surface area contributed by atoms with E-state index in [1.165, 1.54) is 17.1 Å². The highest BCUT2D eigenvalue weighted by molar-refractivity contribution is 7.10. The van der Waals surface area contributed by atoms with Gasteiger partial charge < -0.3 is 11.1 Å². The van der Waals surface area contributed by atoms with Gasteiger partial charge in [-0.2, -0.15) is 4.37 Å². The summed E-state index contributed by atoms with van der Waals surface area (Å²) in [7, 11) is 0. The summed E-state index contributed by atoms with van der Waals surface area (Å²) >= 11 is 1.41. The Bertz CT molecular complexity index is 452. The summed E-state index contributed by atoms with van der Waals surface area (Å²) in [5, 5.41) is 4.40. The molecule has 0 saturated carbocycles. The van der Waals surface area contributed by atoms with E-state index in [1.807, 2.05) is 31.5 Å². The van der Waals surface area contributed by atoms with Crippen LogP contribution in [0.4, 0.5) is 10.8 Å². The Morgan fingerprint density at radius 2 is 2.12 bits per heavy atom.